The number of aliphatic hydroxyl groups is 1. The van der Waals surface area contributed by atoms with Crippen LogP contribution in [0.25, 0.3) is 0 Å². The molecule has 3 rings (SSSR count). The zero-order chi connectivity index (χ0) is 21.6. The molecule has 1 aromatic carbocycles. The third-order valence-corrected chi connectivity index (χ3v) is 4.78. The second-order valence-corrected chi connectivity index (χ2v) is 6.85. The Bertz CT molecular complexity index is 945. The van der Waals surface area contributed by atoms with Crippen LogP contribution in [-0.4, -0.2) is 48.2 Å². The highest BCUT2D eigenvalue weighted by Gasteiger charge is 2.42. The minimum atomic E-state index is -1.13. The van der Waals surface area contributed by atoms with E-state index in [2.05, 4.69) is 15.6 Å². The molecular weight excluding hydrogens is 387 g/mol. The molecule has 0 saturated carbocycles. The fourth-order valence-corrected chi connectivity index (χ4v) is 3.36. The van der Waals surface area contributed by atoms with Crippen molar-refractivity contribution in [2.45, 2.75) is 19.4 Å². The molecule has 3 N–H and O–H groups in total. The molecule has 2 heterocycles. The van der Waals surface area contributed by atoms with Crippen LogP contribution in [0, 0.1) is 5.82 Å². The Morgan fingerprint density at radius 1 is 1.27 bits per heavy atom. The summed E-state index contributed by atoms with van der Waals surface area (Å²) in [6, 6.07) is 11.4. The number of aromatic nitrogens is 1. The summed E-state index contributed by atoms with van der Waals surface area (Å²) in [5.41, 5.74) is 0.995. The molecule has 0 spiro atoms. The summed E-state index contributed by atoms with van der Waals surface area (Å²) in [5, 5.41) is 15.4. The van der Waals surface area contributed by atoms with Gasteiger partial charge in [0.05, 0.1) is 18.8 Å². The first-order valence-corrected chi connectivity index (χ1v) is 9.76. The van der Waals surface area contributed by atoms with Gasteiger partial charge in [-0.05, 0) is 43.7 Å². The maximum atomic E-state index is 13.6. The number of nitrogens with one attached hydrogen (secondary N) is 2. The van der Waals surface area contributed by atoms with Gasteiger partial charge in [-0.25, -0.2) is 14.2 Å². The smallest absolute Gasteiger partial charge is 0.338 e. The number of amidine groups is 1. The molecule has 2 aromatic rings. The minimum Gasteiger partial charge on any atom is -0.463 e. The van der Waals surface area contributed by atoms with Gasteiger partial charge in [0.15, 0.2) is 5.84 Å². The number of pyridine rings is 1. The number of aliphatic hydroxyl groups excluding tert-OH is 1. The van der Waals surface area contributed by atoms with Gasteiger partial charge in [0.2, 0.25) is 0 Å². The summed E-state index contributed by atoms with van der Waals surface area (Å²) in [6.45, 7) is 4.31. The van der Waals surface area contributed by atoms with E-state index in [4.69, 9.17) is 14.8 Å². The van der Waals surface area contributed by atoms with Crippen LogP contribution in [0.5, 0.6) is 0 Å². The number of rotatable bonds is 8. The van der Waals surface area contributed by atoms with Crippen molar-refractivity contribution in [1.29, 1.82) is 0 Å². The number of carbonyl (C=O) groups excluding carboxylic acids is 1. The summed E-state index contributed by atoms with van der Waals surface area (Å²) < 4.78 is 18.9. The second-order valence-electron chi connectivity index (χ2n) is 6.85. The molecule has 158 valence electrons. The molecule has 1 aliphatic rings. The van der Waals surface area contributed by atoms with Crippen molar-refractivity contribution in [2.24, 2.45) is 4.99 Å². The van der Waals surface area contributed by atoms with Gasteiger partial charge >= 0.3 is 5.97 Å². The normalized spacial score (nSPS) is 18.6. The number of carbonyl (C=O) groups is 1. The number of hydrogen-bond acceptors (Lipinski definition) is 7. The number of halogens is 1. The van der Waals surface area contributed by atoms with Gasteiger partial charge in [-0.15, -0.1) is 0 Å². The Kier molecular flexibility index (Phi) is 6.91. The van der Waals surface area contributed by atoms with E-state index in [9.17, 15) is 9.18 Å². The topological polar surface area (TPSA) is 95.8 Å². The van der Waals surface area contributed by atoms with Gasteiger partial charge in [-0.1, -0.05) is 18.2 Å². The van der Waals surface area contributed by atoms with E-state index in [0.29, 0.717) is 34.9 Å². The Balaban J connectivity index is 2.17. The minimum absolute atomic E-state index is 0.0432. The number of benzene rings is 1. The molecule has 0 radical (unpaired) electrons. The van der Waals surface area contributed by atoms with Crippen LogP contribution < -0.4 is 10.6 Å². The van der Waals surface area contributed by atoms with Gasteiger partial charge in [0.1, 0.15) is 17.1 Å². The molecule has 0 amide bonds. The van der Waals surface area contributed by atoms with Crippen LogP contribution in [0.2, 0.25) is 0 Å². The number of aliphatic imine (C=N–C) groups is 1. The predicted molar refractivity (Wildman–Crippen MR) is 111 cm³/mol. The molecule has 1 aliphatic heterocycles. The Morgan fingerprint density at radius 3 is 2.67 bits per heavy atom. The zero-order valence-electron chi connectivity index (χ0n) is 17.0. The van der Waals surface area contributed by atoms with E-state index in [1.807, 2.05) is 12.1 Å². The summed E-state index contributed by atoms with van der Waals surface area (Å²) in [4.78, 5) is 22.2. The first kappa shape index (κ1) is 21.6. The van der Waals surface area contributed by atoms with Crippen LogP contribution >= 0.6 is 0 Å². The standard InChI is InChI=1S/C22H25FN4O3/c1-3-30-21(29)19-18(14-24-12-13-28)26-20(17-6-4-5-11-25-17)27-22(19,2)15-7-9-16(23)10-8-15/h4-11,24,28H,3,12-14H2,1-2H3,(H,26,27). The Hall–Kier alpha value is -3.10. The highest BCUT2D eigenvalue weighted by Crippen LogP contribution is 2.38. The van der Waals surface area contributed by atoms with Gasteiger partial charge in [-0.3, -0.25) is 4.98 Å². The molecule has 1 unspecified atom stereocenters. The van der Waals surface area contributed by atoms with Crippen LogP contribution in [0.3, 0.4) is 0 Å². The maximum Gasteiger partial charge on any atom is 0.338 e. The van der Waals surface area contributed by atoms with Crippen LogP contribution in [0.4, 0.5) is 4.39 Å². The Labute approximate surface area is 174 Å². The lowest BCUT2D eigenvalue weighted by Gasteiger charge is -2.35. The van der Waals surface area contributed by atoms with E-state index >= 15 is 0 Å². The molecule has 7 nitrogen and oxygen atoms in total. The lowest BCUT2D eigenvalue weighted by Crippen LogP contribution is -2.44. The van der Waals surface area contributed by atoms with Crippen molar-refractivity contribution in [2.75, 3.05) is 26.3 Å². The van der Waals surface area contributed by atoms with Crippen LogP contribution in [-0.2, 0) is 15.1 Å². The number of hydrogen-bond donors (Lipinski definition) is 3. The second kappa shape index (κ2) is 9.60. The van der Waals surface area contributed by atoms with Crippen molar-refractivity contribution >= 4 is 11.8 Å². The number of nitrogens with zero attached hydrogens (tertiary/aromatic N) is 2. The number of esters is 1. The third-order valence-electron chi connectivity index (χ3n) is 4.78. The van der Waals surface area contributed by atoms with Crippen molar-refractivity contribution in [3.05, 3.63) is 77.0 Å². The summed E-state index contributed by atoms with van der Waals surface area (Å²) >= 11 is 0. The zero-order valence-corrected chi connectivity index (χ0v) is 17.0. The molecule has 0 saturated heterocycles. The van der Waals surface area contributed by atoms with E-state index in [1.165, 1.54) is 12.1 Å². The van der Waals surface area contributed by atoms with Crippen molar-refractivity contribution < 1.29 is 19.0 Å². The lowest BCUT2D eigenvalue weighted by molar-refractivity contribution is -0.139. The summed E-state index contributed by atoms with van der Waals surface area (Å²) in [7, 11) is 0. The largest absolute Gasteiger partial charge is 0.463 e. The van der Waals surface area contributed by atoms with Crippen molar-refractivity contribution in [3.8, 4) is 0 Å². The quantitative estimate of drug-likeness (QED) is 0.453. The Morgan fingerprint density at radius 2 is 2.03 bits per heavy atom. The molecule has 1 atom stereocenters. The predicted octanol–water partition coefficient (Wildman–Crippen LogP) is 1.89. The maximum absolute atomic E-state index is 13.6. The van der Waals surface area contributed by atoms with Gasteiger partial charge < -0.3 is 20.5 Å². The SMILES string of the molecule is CCOC(=O)C1=C(CNCCO)NC(c2ccccn2)=NC1(C)c1ccc(F)cc1. The van der Waals surface area contributed by atoms with E-state index < -0.39 is 11.5 Å². The molecule has 1 aromatic heterocycles. The molecule has 30 heavy (non-hydrogen) atoms. The molecule has 0 aliphatic carbocycles. The average molecular weight is 412 g/mol. The van der Waals surface area contributed by atoms with Crippen LogP contribution in [0.1, 0.15) is 25.1 Å². The highest BCUT2D eigenvalue weighted by atomic mass is 19.1. The molecule has 8 heteroatoms. The highest BCUT2D eigenvalue weighted by molar-refractivity contribution is 6.03. The van der Waals surface area contributed by atoms with Gasteiger partial charge in [-0.2, -0.15) is 0 Å². The monoisotopic (exact) mass is 412 g/mol. The third kappa shape index (κ3) is 4.55. The summed E-state index contributed by atoms with van der Waals surface area (Å²) in [6.07, 6.45) is 1.66. The number of ether oxygens (including phenoxy) is 1. The lowest BCUT2D eigenvalue weighted by atomic mass is 9.82. The fraction of sp³-hybridized carbons (Fsp3) is 0.318. The first-order chi connectivity index (χ1) is 14.5. The van der Waals surface area contributed by atoms with E-state index in [0.717, 1.165) is 0 Å². The molecular formula is C22H25FN4O3. The van der Waals surface area contributed by atoms with Gasteiger partial charge in [0.25, 0.3) is 0 Å². The van der Waals surface area contributed by atoms with Gasteiger partial charge in [0, 0.05) is 25.0 Å². The van der Waals surface area contributed by atoms with Crippen LogP contribution in [0.15, 0.2) is 64.9 Å². The first-order valence-electron chi connectivity index (χ1n) is 9.76. The molecule has 0 bridgehead atoms. The molecule has 0 fully saturated rings. The van der Waals surface area contributed by atoms with Crippen molar-refractivity contribution in [3.63, 3.8) is 0 Å². The van der Waals surface area contributed by atoms with Crippen molar-refractivity contribution in [1.82, 2.24) is 15.6 Å². The average Bonchev–Trinajstić information content (AvgIpc) is 2.74. The summed E-state index contributed by atoms with van der Waals surface area (Å²) in [5.74, 6) is -0.408. The van der Waals surface area contributed by atoms with E-state index in [-0.39, 0.29) is 25.6 Å². The van der Waals surface area contributed by atoms with E-state index in [1.54, 1.807) is 38.2 Å². The fourth-order valence-electron chi connectivity index (χ4n) is 3.36.